The first-order chi connectivity index (χ1) is 9.90. The van der Waals surface area contributed by atoms with E-state index in [0.29, 0.717) is 0 Å². The van der Waals surface area contributed by atoms with Crippen LogP contribution in [0.15, 0.2) is 18.2 Å². The highest BCUT2D eigenvalue weighted by atomic mass is 35.5. The van der Waals surface area contributed by atoms with Crippen molar-refractivity contribution in [3.05, 3.63) is 29.6 Å². The van der Waals surface area contributed by atoms with E-state index in [9.17, 15) is 0 Å². The minimum atomic E-state index is 0. The highest BCUT2D eigenvalue weighted by molar-refractivity contribution is 5.85. The molecule has 0 saturated carbocycles. The summed E-state index contributed by atoms with van der Waals surface area (Å²) >= 11 is 0. The third kappa shape index (κ3) is 5.24. The van der Waals surface area contributed by atoms with Crippen molar-refractivity contribution in [3.63, 3.8) is 0 Å². The fraction of sp³-hybridized carbons (Fsp3) is 0.706. The number of piperidine rings is 2. The minimum absolute atomic E-state index is 0. The Morgan fingerprint density at radius 3 is 1.57 bits per heavy atom. The van der Waals surface area contributed by atoms with E-state index in [-0.39, 0.29) is 12.4 Å². The summed E-state index contributed by atoms with van der Waals surface area (Å²) in [7, 11) is 0. The third-order valence-electron chi connectivity index (χ3n) is 4.53. The number of halogens is 1. The molecule has 3 rings (SSSR count). The zero-order valence-electron chi connectivity index (χ0n) is 13.0. The predicted molar refractivity (Wildman–Crippen MR) is 89.7 cm³/mol. The SMILES string of the molecule is Cl.c1cc(CN2CCCCC2)nc(CN2CCCCC2)c1. The molecule has 0 radical (unpaired) electrons. The lowest BCUT2D eigenvalue weighted by atomic mass is 10.1. The Hall–Kier alpha value is -0.640. The highest BCUT2D eigenvalue weighted by Gasteiger charge is 2.13. The monoisotopic (exact) mass is 309 g/mol. The van der Waals surface area contributed by atoms with E-state index in [1.807, 2.05) is 0 Å². The molecule has 0 spiro atoms. The number of pyridine rings is 1. The van der Waals surface area contributed by atoms with Crippen LogP contribution in [0.4, 0.5) is 0 Å². The Morgan fingerprint density at radius 1 is 0.714 bits per heavy atom. The van der Waals surface area contributed by atoms with E-state index < -0.39 is 0 Å². The summed E-state index contributed by atoms with van der Waals surface area (Å²) in [4.78, 5) is 9.98. The lowest BCUT2D eigenvalue weighted by Gasteiger charge is -2.27. The molecule has 3 heterocycles. The molecule has 118 valence electrons. The van der Waals surface area contributed by atoms with Crippen LogP contribution in [0.2, 0.25) is 0 Å². The Balaban J connectivity index is 0.00000161. The lowest BCUT2D eigenvalue weighted by molar-refractivity contribution is 0.213. The summed E-state index contributed by atoms with van der Waals surface area (Å²) in [5.41, 5.74) is 2.50. The lowest BCUT2D eigenvalue weighted by Crippen LogP contribution is -2.30. The van der Waals surface area contributed by atoms with Crippen molar-refractivity contribution in [1.82, 2.24) is 14.8 Å². The van der Waals surface area contributed by atoms with E-state index in [0.717, 1.165) is 13.1 Å². The van der Waals surface area contributed by atoms with Crippen molar-refractivity contribution >= 4 is 12.4 Å². The van der Waals surface area contributed by atoms with Crippen LogP contribution in [-0.2, 0) is 13.1 Å². The topological polar surface area (TPSA) is 19.4 Å². The molecule has 0 unspecified atom stereocenters. The largest absolute Gasteiger partial charge is 0.298 e. The molecule has 0 N–H and O–H groups in total. The third-order valence-corrected chi connectivity index (χ3v) is 4.53. The Bertz CT molecular complexity index is 377. The summed E-state index contributed by atoms with van der Waals surface area (Å²) < 4.78 is 0. The molecule has 2 aliphatic heterocycles. The van der Waals surface area contributed by atoms with Crippen molar-refractivity contribution in [1.29, 1.82) is 0 Å². The van der Waals surface area contributed by atoms with Gasteiger partial charge in [0.05, 0.1) is 11.4 Å². The van der Waals surface area contributed by atoms with Gasteiger partial charge in [0.2, 0.25) is 0 Å². The second-order valence-corrected chi connectivity index (χ2v) is 6.29. The van der Waals surface area contributed by atoms with E-state index in [1.165, 1.54) is 76.1 Å². The van der Waals surface area contributed by atoms with Crippen LogP contribution in [0, 0.1) is 0 Å². The Kier molecular flexibility index (Phi) is 6.94. The van der Waals surface area contributed by atoms with Gasteiger partial charge in [0.1, 0.15) is 0 Å². The van der Waals surface area contributed by atoms with Gasteiger partial charge < -0.3 is 0 Å². The standard InChI is InChI=1S/C17H27N3.ClH/c1-3-10-19(11-4-1)14-16-8-7-9-17(18-16)15-20-12-5-2-6-13-20;/h7-9H,1-6,10-15H2;1H. The van der Waals surface area contributed by atoms with Gasteiger partial charge >= 0.3 is 0 Å². The van der Waals surface area contributed by atoms with Crippen molar-refractivity contribution in [2.24, 2.45) is 0 Å². The molecule has 1 aromatic heterocycles. The minimum Gasteiger partial charge on any atom is -0.298 e. The van der Waals surface area contributed by atoms with Crippen LogP contribution in [0.5, 0.6) is 0 Å². The summed E-state index contributed by atoms with van der Waals surface area (Å²) in [6.45, 7) is 7.06. The molecule has 0 atom stereocenters. The fourth-order valence-electron chi connectivity index (χ4n) is 3.40. The highest BCUT2D eigenvalue weighted by Crippen LogP contribution is 2.14. The summed E-state index contributed by atoms with van der Waals surface area (Å²) in [5.74, 6) is 0. The quantitative estimate of drug-likeness (QED) is 0.849. The van der Waals surface area contributed by atoms with Crippen LogP contribution in [-0.4, -0.2) is 41.0 Å². The van der Waals surface area contributed by atoms with Gasteiger partial charge in [-0.1, -0.05) is 18.9 Å². The predicted octanol–water partition coefficient (Wildman–Crippen LogP) is 3.48. The average molecular weight is 310 g/mol. The number of hydrogen-bond donors (Lipinski definition) is 0. The molecule has 0 bridgehead atoms. The molecule has 0 amide bonds. The second kappa shape index (κ2) is 8.72. The zero-order valence-corrected chi connectivity index (χ0v) is 13.8. The summed E-state index contributed by atoms with van der Waals surface area (Å²) in [6.07, 6.45) is 8.22. The molecule has 4 heteroatoms. The Labute approximate surface area is 135 Å². The maximum Gasteiger partial charge on any atom is 0.0547 e. The molecule has 3 nitrogen and oxygen atoms in total. The summed E-state index contributed by atoms with van der Waals surface area (Å²) in [5, 5.41) is 0. The molecule has 2 aliphatic rings. The second-order valence-electron chi connectivity index (χ2n) is 6.29. The maximum absolute atomic E-state index is 4.88. The number of rotatable bonds is 4. The molecule has 2 saturated heterocycles. The van der Waals surface area contributed by atoms with Gasteiger partial charge in [0.15, 0.2) is 0 Å². The first-order valence-corrected chi connectivity index (χ1v) is 8.30. The van der Waals surface area contributed by atoms with E-state index in [2.05, 4.69) is 28.0 Å². The molecular weight excluding hydrogens is 282 g/mol. The van der Waals surface area contributed by atoms with Gasteiger partial charge in [0.25, 0.3) is 0 Å². The molecule has 0 aromatic carbocycles. The van der Waals surface area contributed by atoms with Crippen LogP contribution in [0.1, 0.15) is 49.9 Å². The molecule has 21 heavy (non-hydrogen) atoms. The molecule has 1 aromatic rings. The van der Waals surface area contributed by atoms with Crippen molar-refractivity contribution < 1.29 is 0 Å². The van der Waals surface area contributed by atoms with Gasteiger partial charge in [0, 0.05) is 13.1 Å². The molecular formula is C17H28ClN3. The van der Waals surface area contributed by atoms with Crippen molar-refractivity contribution in [3.8, 4) is 0 Å². The van der Waals surface area contributed by atoms with Crippen molar-refractivity contribution in [2.75, 3.05) is 26.2 Å². The van der Waals surface area contributed by atoms with Crippen molar-refractivity contribution in [2.45, 2.75) is 51.6 Å². The van der Waals surface area contributed by atoms with Gasteiger partial charge in [-0.05, 0) is 64.0 Å². The normalized spacial score (nSPS) is 21.0. The van der Waals surface area contributed by atoms with E-state index in [4.69, 9.17) is 4.98 Å². The van der Waals surface area contributed by atoms with Gasteiger partial charge in [-0.3, -0.25) is 14.8 Å². The number of aromatic nitrogens is 1. The van der Waals surface area contributed by atoms with E-state index >= 15 is 0 Å². The van der Waals surface area contributed by atoms with Crippen LogP contribution < -0.4 is 0 Å². The van der Waals surface area contributed by atoms with Gasteiger partial charge in [-0.15, -0.1) is 12.4 Å². The van der Waals surface area contributed by atoms with Gasteiger partial charge in [-0.25, -0.2) is 0 Å². The van der Waals surface area contributed by atoms with Crippen LogP contribution >= 0.6 is 12.4 Å². The number of likely N-dealkylation sites (tertiary alicyclic amines) is 2. The average Bonchev–Trinajstić information content (AvgIpc) is 2.50. The maximum atomic E-state index is 4.88. The fourth-order valence-corrected chi connectivity index (χ4v) is 3.40. The first-order valence-electron chi connectivity index (χ1n) is 8.30. The van der Waals surface area contributed by atoms with Crippen LogP contribution in [0.3, 0.4) is 0 Å². The van der Waals surface area contributed by atoms with E-state index in [1.54, 1.807) is 0 Å². The van der Waals surface area contributed by atoms with Gasteiger partial charge in [-0.2, -0.15) is 0 Å². The smallest absolute Gasteiger partial charge is 0.0547 e. The Morgan fingerprint density at radius 2 is 1.14 bits per heavy atom. The number of nitrogens with zero attached hydrogens (tertiary/aromatic N) is 3. The summed E-state index contributed by atoms with van der Waals surface area (Å²) in [6, 6.07) is 6.56. The first kappa shape index (κ1) is 16.7. The molecule has 0 aliphatic carbocycles. The van der Waals surface area contributed by atoms with Crippen LogP contribution in [0.25, 0.3) is 0 Å². The number of hydrogen-bond acceptors (Lipinski definition) is 3. The molecule has 2 fully saturated rings. The zero-order chi connectivity index (χ0) is 13.6.